The smallest absolute Gasteiger partial charge is 0.0484 e. The number of fused-ring (bicyclic) bond motifs is 1. The molecule has 1 heteroatoms. The van der Waals surface area contributed by atoms with Crippen molar-refractivity contribution in [3.05, 3.63) is 41.7 Å². The summed E-state index contributed by atoms with van der Waals surface area (Å²) in [6, 6.07) is 2.00. The molecular weight excluding hydrogens is 146 g/mol. The highest BCUT2D eigenvalue weighted by molar-refractivity contribution is 5.66. The Balaban J connectivity index is 2.61. The summed E-state index contributed by atoms with van der Waals surface area (Å²) in [7, 11) is 0. The molecule has 60 valence electrons. The van der Waals surface area contributed by atoms with Gasteiger partial charge in [-0.1, -0.05) is 24.8 Å². The molecule has 0 aromatic carbocycles. The van der Waals surface area contributed by atoms with Gasteiger partial charge in [0.25, 0.3) is 0 Å². The number of hydrogen-bond donors (Lipinski definition) is 0. The van der Waals surface area contributed by atoms with Crippen LogP contribution >= 0.6 is 0 Å². The summed E-state index contributed by atoms with van der Waals surface area (Å²) < 4.78 is 0. The van der Waals surface area contributed by atoms with Crippen molar-refractivity contribution in [1.82, 2.24) is 4.98 Å². The number of hydrogen-bond acceptors (Lipinski definition) is 1. The van der Waals surface area contributed by atoms with E-state index in [1.165, 1.54) is 16.8 Å². The Hall–Kier alpha value is -1.37. The first-order chi connectivity index (χ1) is 5.92. The van der Waals surface area contributed by atoms with E-state index in [2.05, 4.69) is 23.7 Å². The lowest BCUT2D eigenvalue weighted by molar-refractivity contribution is 0.926. The van der Waals surface area contributed by atoms with E-state index in [1.807, 2.05) is 18.3 Å². The molecule has 2 rings (SSSR count). The van der Waals surface area contributed by atoms with Gasteiger partial charge >= 0.3 is 0 Å². The molecule has 1 aliphatic rings. The molecule has 0 spiro atoms. The minimum Gasteiger partial charge on any atom is -0.261 e. The molecule has 0 aliphatic heterocycles. The van der Waals surface area contributed by atoms with E-state index in [-0.39, 0.29) is 0 Å². The van der Waals surface area contributed by atoms with Crippen molar-refractivity contribution in [2.24, 2.45) is 0 Å². The first kappa shape index (κ1) is 7.29. The van der Waals surface area contributed by atoms with Gasteiger partial charge in [0.15, 0.2) is 0 Å². The Morgan fingerprint density at radius 3 is 3.25 bits per heavy atom. The first-order valence-electron chi connectivity index (χ1n) is 4.18. The van der Waals surface area contributed by atoms with Gasteiger partial charge in [-0.05, 0) is 24.5 Å². The standard InChI is InChI=1S/C11H11N/c1-2-9-7-8-12-11-6-4-3-5-10(9)11/h2-3,5,7-8H,1,4,6H2. The zero-order valence-electron chi connectivity index (χ0n) is 6.96. The third kappa shape index (κ3) is 1.07. The Kier molecular flexibility index (Phi) is 1.78. The predicted octanol–water partition coefficient (Wildman–Crippen LogP) is 2.68. The molecule has 0 saturated heterocycles. The van der Waals surface area contributed by atoms with Crippen molar-refractivity contribution in [2.75, 3.05) is 0 Å². The van der Waals surface area contributed by atoms with Crippen LogP contribution in [0.1, 0.15) is 23.2 Å². The second kappa shape index (κ2) is 2.94. The quantitative estimate of drug-likeness (QED) is 0.610. The molecule has 0 amide bonds. The van der Waals surface area contributed by atoms with Crippen molar-refractivity contribution in [3.8, 4) is 0 Å². The molecular formula is C11H11N. The summed E-state index contributed by atoms with van der Waals surface area (Å²) in [4.78, 5) is 4.33. The van der Waals surface area contributed by atoms with Crippen LogP contribution in [0.5, 0.6) is 0 Å². The molecule has 0 N–H and O–H groups in total. The Bertz CT molecular complexity index is 337. The summed E-state index contributed by atoms with van der Waals surface area (Å²) in [6.07, 6.45) is 10.2. The largest absolute Gasteiger partial charge is 0.261 e. The van der Waals surface area contributed by atoms with Crippen LogP contribution in [0.2, 0.25) is 0 Å². The van der Waals surface area contributed by atoms with Crippen molar-refractivity contribution in [1.29, 1.82) is 0 Å². The maximum Gasteiger partial charge on any atom is 0.0484 e. The van der Waals surface area contributed by atoms with Gasteiger partial charge in [0, 0.05) is 17.5 Å². The second-order valence-electron chi connectivity index (χ2n) is 2.91. The fourth-order valence-corrected chi connectivity index (χ4v) is 1.52. The number of aryl methyl sites for hydroxylation is 1. The highest BCUT2D eigenvalue weighted by Crippen LogP contribution is 2.21. The lowest BCUT2D eigenvalue weighted by Crippen LogP contribution is -1.99. The molecule has 0 radical (unpaired) electrons. The molecule has 1 aromatic heterocycles. The second-order valence-corrected chi connectivity index (χ2v) is 2.91. The fourth-order valence-electron chi connectivity index (χ4n) is 1.52. The van der Waals surface area contributed by atoms with Crippen molar-refractivity contribution >= 4 is 12.2 Å². The van der Waals surface area contributed by atoms with Gasteiger partial charge in [0.05, 0.1) is 0 Å². The topological polar surface area (TPSA) is 12.9 Å². The minimum absolute atomic E-state index is 1.06. The predicted molar refractivity (Wildman–Crippen MR) is 51.7 cm³/mol. The Morgan fingerprint density at radius 2 is 2.42 bits per heavy atom. The van der Waals surface area contributed by atoms with Crippen molar-refractivity contribution in [3.63, 3.8) is 0 Å². The van der Waals surface area contributed by atoms with Crippen LogP contribution in [0.4, 0.5) is 0 Å². The molecule has 1 aromatic rings. The monoisotopic (exact) mass is 157 g/mol. The highest BCUT2D eigenvalue weighted by atomic mass is 14.7. The zero-order valence-corrected chi connectivity index (χ0v) is 6.96. The van der Waals surface area contributed by atoms with Crippen LogP contribution in [0.3, 0.4) is 0 Å². The number of rotatable bonds is 1. The van der Waals surface area contributed by atoms with Crippen LogP contribution in [0.15, 0.2) is 24.9 Å². The molecule has 12 heavy (non-hydrogen) atoms. The summed E-state index contributed by atoms with van der Waals surface area (Å²) in [5, 5.41) is 0. The summed E-state index contributed by atoms with van der Waals surface area (Å²) in [5.41, 5.74) is 3.64. The van der Waals surface area contributed by atoms with E-state index >= 15 is 0 Å². The first-order valence-corrected chi connectivity index (χ1v) is 4.18. The fraction of sp³-hybridized carbons (Fsp3) is 0.182. The minimum atomic E-state index is 1.06. The van der Waals surface area contributed by atoms with E-state index in [0.717, 1.165) is 12.8 Å². The van der Waals surface area contributed by atoms with Gasteiger partial charge in [0.2, 0.25) is 0 Å². The van der Waals surface area contributed by atoms with Crippen LogP contribution < -0.4 is 0 Å². The zero-order chi connectivity index (χ0) is 8.39. The average Bonchev–Trinajstić information content (AvgIpc) is 2.17. The van der Waals surface area contributed by atoms with E-state index < -0.39 is 0 Å². The third-order valence-electron chi connectivity index (χ3n) is 2.16. The summed E-state index contributed by atoms with van der Waals surface area (Å²) >= 11 is 0. The van der Waals surface area contributed by atoms with Gasteiger partial charge in [-0.25, -0.2) is 0 Å². The number of pyridine rings is 1. The lowest BCUT2D eigenvalue weighted by atomic mass is 9.98. The molecule has 1 heterocycles. The van der Waals surface area contributed by atoms with Crippen molar-refractivity contribution in [2.45, 2.75) is 12.8 Å². The van der Waals surface area contributed by atoms with Gasteiger partial charge in [-0.2, -0.15) is 0 Å². The average molecular weight is 157 g/mol. The molecule has 0 fully saturated rings. The van der Waals surface area contributed by atoms with Gasteiger partial charge in [-0.15, -0.1) is 0 Å². The highest BCUT2D eigenvalue weighted by Gasteiger charge is 2.07. The van der Waals surface area contributed by atoms with Gasteiger partial charge in [0.1, 0.15) is 0 Å². The van der Waals surface area contributed by atoms with Crippen LogP contribution in [-0.4, -0.2) is 4.98 Å². The third-order valence-corrected chi connectivity index (χ3v) is 2.16. The molecule has 1 nitrogen and oxygen atoms in total. The van der Waals surface area contributed by atoms with Gasteiger partial charge in [-0.3, -0.25) is 4.98 Å². The number of aromatic nitrogens is 1. The Morgan fingerprint density at radius 1 is 1.50 bits per heavy atom. The van der Waals surface area contributed by atoms with Crippen LogP contribution in [0.25, 0.3) is 12.2 Å². The van der Waals surface area contributed by atoms with E-state index in [0.29, 0.717) is 0 Å². The molecule has 1 aliphatic carbocycles. The SMILES string of the molecule is C=Cc1ccnc2c1C=CCC2. The van der Waals surface area contributed by atoms with Crippen LogP contribution in [-0.2, 0) is 6.42 Å². The van der Waals surface area contributed by atoms with Crippen molar-refractivity contribution < 1.29 is 0 Å². The molecule has 0 atom stereocenters. The van der Waals surface area contributed by atoms with Gasteiger partial charge < -0.3 is 0 Å². The normalized spacial score (nSPS) is 14.0. The van der Waals surface area contributed by atoms with E-state index in [4.69, 9.17) is 0 Å². The summed E-state index contributed by atoms with van der Waals surface area (Å²) in [6.45, 7) is 3.78. The lowest BCUT2D eigenvalue weighted by Gasteiger charge is -2.10. The maximum absolute atomic E-state index is 4.33. The molecule has 0 bridgehead atoms. The van der Waals surface area contributed by atoms with Crippen LogP contribution in [0, 0.1) is 0 Å². The number of allylic oxidation sites excluding steroid dienone is 1. The maximum atomic E-state index is 4.33. The van der Waals surface area contributed by atoms with E-state index in [1.54, 1.807) is 0 Å². The van der Waals surface area contributed by atoms with E-state index in [9.17, 15) is 0 Å². The number of nitrogens with zero attached hydrogens (tertiary/aromatic N) is 1. The molecule has 0 unspecified atom stereocenters. The molecule has 0 saturated carbocycles. The summed E-state index contributed by atoms with van der Waals surface area (Å²) in [5.74, 6) is 0. The Labute approximate surface area is 72.5 Å².